The van der Waals surface area contributed by atoms with Gasteiger partial charge in [-0.15, -0.1) is 0 Å². The van der Waals surface area contributed by atoms with Crippen molar-refractivity contribution < 1.29 is 4.57 Å². The topological polar surface area (TPSA) is 29.4 Å². The molecule has 25 heavy (non-hydrogen) atoms. The van der Waals surface area contributed by atoms with Crippen molar-refractivity contribution in [2.24, 2.45) is 4.76 Å². The summed E-state index contributed by atoms with van der Waals surface area (Å²) in [6, 6.07) is 27.7. The first kappa shape index (κ1) is 16.1. The van der Waals surface area contributed by atoms with Gasteiger partial charge in [0.2, 0.25) is 7.29 Å². The fraction of sp³-hybridized carbons (Fsp3) is 0.136. The molecule has 3 heteroatoms. The van der Waals surface area contributed by atoms with E-state index >= 15 is 0 Å². The van der Waals surface area contributed by atoms with Crippen LogP contribution in [-0.2, 0) is 11.0 Å². The normalized spacial score (nSPS) is 15.8. The van der Waals surface area contributed by atoms with Crippen molar-refractivity contribution in [3.05, 3.63) is 96.1 Å². The fourth-order valence-corrected chi connectivity index (χ4v) is 5.63. The van der Waals surface area contributed by atoms with Crippen LogP contribution in [0.25, 0.3) is 0 Å². The van der Waals surface area contributed by atoms with Gasteiger partial charge in [0, 0.05) is 10.6 Å². The summed E-state index contributed by atoms with van der Waals surface area (Å²) in [7, 11) is -3.06. The van der Waals surface area contributed by atoms with Gasteiger partial charge in [-0.05, 0) is 54.7 Å². The Hall–Kier alpha value is -2.44. The summed E-state index contributed by atoms with van der Waals surface area (Å²) in [6.07, 6.45) is 3.00. The van der Waals surface area contributed by atoms with Crippen LogP contribution in [-0.4, -0.2) is 5.71 Å². The number of benzene rings is 3. The SMILES string of the molecule is O=P(N=C1CCCc2ccccc21)(c1ccccc1)c1ccccc1. The van der Waals surface area contributed by atoms with E-state index in [1.807, 2.05) is 66.7 Å². The van der Waals surface area contributed by atoms with E-state index in [1.54, 1.807) is 0 Å². The van der Waals surface area contributed by atoms with E-state index in [0.29, 0.717) is 0 Å². The standard InChI is InChI=1S/C22H20NOP/c24-25(19-12-3-1-4-13-19,20-14-5-2-6-15-20)23-22-17-9-11-18-10-7-8-16-21(18)22/h1-8,10,12-16H,9,11,17H2. The molecule has 0 aromatic heterocycles. The van der Waals surface area contributed by atoms with Crippen LogP contribution in [0.5, 0.6) is 0 Å². The van der Waals surface area contributed by atoms with Gasteiger partial charge in [-0.2, -0.15) is 0 Å². The Morgan fingerprint density at radius 1 is 0.680 bits per heavy atom. The molecule has 0 unspecified atom stereocenters. The van der Waals surface area contributed by atoms with Gasteiger partial charge in [-0.3, -0.25) is 4.57 Å². The van der Waals surface area contributed by atoms with Crippen molar-refractivity contribution in [2.45, 2.75) is 19.3 Å². The number of hydrogen-bond donors (Lipinski definition) is 0. The Balaban J connectivity index is 1.91. The predicted octanol–water partition coefficient (Wildman–Crippen LogP) is 4.74. The Kier molecular flexibility index (Phi) is 4.38. The summed E-state index contributed by atoms with van der Waals surface area (Å²) < 4.78 is 19.0. The Morgan fingerprint density at radius 2 is 1.24 bits per heavy atom. The Bertz CT molecular complexity index is 905. The minimum Gasteiger partial charge on any atom is -0.288 e. The summed E-state index contributed by atoms with van der Waals surface area (Å²) in [4.78, 5) is 0. The van der Waals surface area contributed by atoms with E-state index in [9.17, 15) is 4.57 Å². The Labute approximate surface area is 148 Å². The molecule has 0 spiro atoms. The molecular weight excluding hydrogens is 325 g/mol. The molecule has 124 valence electrons. The third kappa shape index (κ3) is 3.10. The maximum absolute atomic E-state index is 14.1. The van der Waals surface area contributed by atoms with Gasteiger partial charge < -0.3 is 0 Å². The third-order valence-electron chi connectivity index (χ3n) is 4.66. The molecule has 0 saturated heterocycles. The molecule has 1 aliphatic carbocycles. The van der Waals surface area contributed by atoms with Crippen molar-refractivity contribution in [1.29, 1.82) is 0 Å². The lowest BCUT2D eigenvalue weighted by Crippen LogP contribution is -2.18. The van der Waals surface area contributed by atoms with Gasteiger partial charge in [-0.1, -0.05) is 60.7 Å². The molecule has 0 N–H and O–H groups in total. The Morgan fingerprint density at radius 3 is 1.88 bits per heavy atom. The molecule has 0 atom stereocenters. The third-order valence-corrected chi connectivity index (χ3v) is 7.18. The maximum atomic E-state index is 14.1. The van der Waals surface area contributed by atoms with Crippen LogP contribution in [0.2, 0.25) is 0 Å². The highest BCUT2D eigenvalue weighted by Gasteiger charge is 2.28. The van der Waals surface area contributed by atoms with Crippen LogP contribution in [0.3, 0.4) is 0 Å². The van der Waals surface area contributed by atoms with Gasteiger partial charge in [0.15, 0.2) is 0 Å². The van der Waals surface area contributed by atoms with E-state index in [-0.39, 0.29) is 0 Å². The highest BCUT2D eigenvalue weighted by atomic mass is 31.2. The second-order valence-electron chi connectivity index (χ2n) is 6.30. The average molecular weight is 345 g/mol. The minimum atomic E-state index is -3.06. The highest BCUT2D eigenvalue weighted by molar-refractivity contribution is 7.77. The van der Waals surface area contributed by atoms with E-state index in [2.05, 4.69) is 18.2 Å². The van der Waals surface area contributed by atoms with Crippen molar-refractivity contribution in [3.63, 3.8) is 0 Å². The number of nitrogens with zero attached hydrogens (tertiary/aromatic N) is 1. The van der Waals surface area contributed by atoms with Crippen LogP contribution in [0.4, 0.5) is 0 Å². The van der Waals surface area contributed by atoms with Gasteiger partial charge >= 0.3 is 0 Å². The molecule has 4 rings (SSSR count). The minimum absolute atomic E-state index is 0.789. The van der Waals surface area contributed by atoms with Crippen molar-refractivity contribution in [3.8, 4) is 0 Å². The molecule has 0 heterocycles. The number of aryl methyl sites for hydroxylation is 1. The lowest BCUT2D eigenvalue weighted by molar-refractivity contribution is 0.588. The lowest BCUT2D eigenvalue weighted by Gasteiger charge is -2.21. The molecule has 0 fully saturated rings. The van der Waals surface area contributed by atoms with E-state index in [4.69, 9.17) is 4.76 Å². The molecule has 2 nitrogen and oxygen atoms in total. The zero-order valence-corrected chi connectivity index (χ0v) is 14.9. The smallest absolute Gasteiger partial charge is 0.247 e. The summed E-state index contributed by atoms with van der Waals surface area (Å²) in [5.41, 5.74) is 3.43. The van der Waals surface area contributed by atoms with Crippen LogP contribution in [0.1, 0.15) is 24.0 Å². The quantitative estimate of drug-likeness (QED) is 0.631. The summed E-state index contributed by atoms with van der Waals surface area (Å²) in [5, 5.41) is 1.58. The van der Waals surface area contributed by atoms with Crippen LogP contribution in [0.15, 0.2) is 89.7 Å². The van der Waals surface area contributed by atoms with E-state index in [1.165, 1.54) is 5.56 Å². The molecule has 3 aromatic rings. The highest BCUT2D eigenvalue weighted by Crippen LogP contribution is 2.46. The van der Waals surface area contributed by atoms with Crippen molar-refractivity contribution in [2.75, 3.05) is 0 Å². The molecule has 0 amide bonds. The zero-order valence-electron chi connectivity index (χ0n) is 14.0. The molecule has 3 aromatic carbocycles. The molecule has 0 radical (unpaired) electrons. The molecule has 0 aliphatic heterocycles. The van der Waals surface area contributed by atoms with E-state index in [0.717, 1.165) is 41.1 Å². The summed E-state index contributed by atoms with van der Waals surface area (Å²) in [5.74, 6) is 0. The monoisotopic (exact) mass is 345 g/mol. The fourth-order valence-electron chi connectivity index (χ4n) is 3.40. The molecule has 0 saturated carbocycles. The first-order chi connectivity index (χ1) is 12.3. The van der Waals surface area contributed by atoms with Crippen LogP contribution in [0, 0.1) is 0 Å². The largest absolute Gasteiger partial charge is 0.288 e. The molecule has 1 aliphatic rings. The zero-order chi connectivity index (χ0) is 17.1. The first-order valence-corrected chi connectivity index (χ1v) is 10.3. The van der Waals surface area contributed by atoms with Gasteiger partial charge in [0.25, 0.3) is 0 Å². The average Bonchev–Trinajstić information content (AvgIpc) is 2.69. The predicted molar refractivity (Wildman–Crippen MR) is 106 cm³/mol. The van der Waals surface area contributed by atoms with Crippen molar-refractivity contribution >= 4 is 23.6 Å². The van der Waals surface area contributed by atoms with Gasteiger partial charge in [-0.25, -0.2) is 4.76 Å². The second-order valence-corrected chi connectivity index (χ2v) is 8.69. The van der Waals surface area contributed by atoms with Crippen molar-refractivity contribution in [1.82, 2.24) is 0 Å². The molecular formula is C22H20NOP. The lowest BCUT2D eigenvalue weighted by atomic mass is 9.90. The molecule has 0 bridgehead atoms. The number of fused-ring (bicyclic) bond motifs is 1. The maximum Gasteiger partial charge on any atom is 0.247 e. The van der Waals surface area contributed by atoms with Crippen LogP contribution >= 0.6 is 7.29 Å². The number of rotatable bonds is 3. The number of hydrogen-bond acceptors (Lipinski definition) is 1. The summed E-state index contributed by atoms with van der Waals surface area (Å²) >= 11 is 0. The second kappa shape index (κ2) is 6.82. The van der Waals surface area contributed by atoms with Gasteiger partial charge in [0.05, 0.1) is 5.71 Å². The van der Waals surface area contributed by atoms with E-state index < -0.39 is 7.29 Å². The first-order valence-electron chi connectivity index (χ1n) is 8.66. The van der Waals surface area contributed by atoms with Crippen LogP contribution < -0.4 is 10.6 Å². The summed E-state index contributed by atoms with van der Waals surface area (Å²) in [6.45, 7) is 0. The van der Waals surface area contributed by atoms with Gasteiger partial charge in [0.1, 0.15) is 0 Å².